The number of esters is 1. The Hall–Kier alpha value is -2.96. The fourth-order valence-corrected chi connectivity index (χ4v) is 4.53. The number of hydroxylamine groups is 1. The minimum absolute atomic E-state index is 0.167. The van der Waals surface area contributed by atoms with Crippen LogP contribution in [0.25, 0.3) is 0 Å². The number of H-pyrrole nitrogens is 1. The molecule has 0 bridgehead atoms. The zero-order chi connectivity index (χ0) is 28.0. The first kappa shape index (κ1) is 29.6. The van der Waals surface area contributed by atoms with E-state index in [2.05, 4.69) is 0 Å². The first-order valence-corrected chi connectivity index (χ1v) is 13.2. The molecule has 6 atom stereocenters. The second-order valence-corrected chi connectivity index (χ2v) is 10.5. The van der Waals surface area contributed by atoms with Crippen molar-refractivity contribution in [2.75, 3.05) is 13.2 Å². The molecule has 1 aliphatic heterocycles. The molecule has 208 valence electrons. The van der Waals surface area contributed by atoms with E-state index in [9.17, 15) is 24.1 Å². The van der Waals surface area contributed by atoms with Crippen LogP contribution in [0.1, 0.15) is 40.3 Å². The highest BCUT2D eigenvalue weighted by molar-refractivity contribution is 7.36. The van der Waals surface area contributed by atoms with Gasteiger partial charge in [-0.15, -0.1) is 4.52 Å². The van der Waals surface area contributed by atoms with Crippen molar-refractivity contribution >= 4 is 14.1 Å². The zero-order valence-electron chi connectivity index (χ0n) is 21.5. The van der Waals surface area contributed by atoms with Gasteiger partial charge in [0.1, 0.15) is 23.6 Å². The molecule has 0 aliphatic carbocycles. The summed E-state index contributed by atoms with van der Waals surface area (Å²) in [5.41, 5.74) is -4.08. The first-order chi connectivity index (χ1) is 17.9. The van der Waals surface area contributed by atoms with Gasteiger partial charge in [0.25, 0.3) is 5.56 Å². The van der Waals surface area contributed by atoms with E-state index >= 15 is 4.39 Å². The number of aromatic nitrogens is 2. The molecule has 2 N–H and O–H groups in total. The number of rotatable bonds is 12. The monoisotopic (exact) mass is 556 g/mol. The van der Waals surface area contributed by atoms with E-state index < -0.39 is 62.2 Å². The summed E-state index contributed by atoms with van der Waals surface area (Å²) in [6, 6.07) is 8.12. The number of hydrogen-bond donors (Lipinski definition) is 2. The molecule has 2 unspecified atom stereocenters. The predicted molar refractivity (Wildman–Crippen MR) is 133 cm³/mol. The molecule has 1 saturated heterocycles. The average Bonchev–Trinajstić information content (AvgIpc) is 3.09. The van der Waals surface area contributed by atoms with E-state index in [1.807, 2.05) is 18.8 Å². The van der Waals surface area contributed by atoms with Crippen molar-refractivity contribution in [1.29, 1.82) is 0 Å². The Kier molecular flexibility index (Phi) is 9.91. The molecule has 1 aromatic heterocycles. The van der Waals surface area contributed by atoms with Crippen LogP contribution in [0.5, 0.6) is 5.75 Å². The normalized spacial score (nSPS) is 24.4. The summed E-state index contributed by atoms with van der Waals surface area (Å²) in [6.07, 6.45) is -3.04. The van der Waals surface area contributed by atoms with E-state index in [1.54, 1.807) is 30.3 Å². The van der Waals surface area contributed by atoms with Crippen molar-refractivity contribution in [2.45, 2.75) is 64.3 Å². The third-order valence-electron chi connectivity index (χ3n) is 5.89. The molecule has 1 fully saturated rings. The van der Waals surface area contributed by atoms with Gasteiger partial charge in [-0.05, 0) is 42.9 Å². The highest BCUT2D eigenvalue weighted by Crippen LogP contribution is 2.42. The number of alkyl halides is 1. The third kappa shape index (κ3) is 7.12. The smallest absolute Gasteiger partial charge is 0.464 e. The van der Waals surface area contributed by atoms with Crippen LogP contribution in [-0.4, -0.2) is 62.6 Å². The van der Waals surface area contributed by atoms with Crippen LogP contribution in [0.2, 0.25) is 0 Å². The third-order valence-corrected chi connectivity index (χ3v) is 7.01. The number of para-hydroxylation sites is 1. The fourth-order valence-electron chi connectivity index (χ4n) is 3.61. The van der Waals surface area contributed by atoms with Crippen LogP contribution < -0.4 is 16.1 Å². The Morgan fingerprint density at radius 1 is 1.26 bits per heavy atom. The Labute approximate surface area is 219 Å². The van der Waals surface area contributed by atoms with Gasteiger partial charge in [0, 0.05) is 12.3 Å². The van der Waals surface area contributed by atoms with Gasteiger partial charge < -0.3 is 19.4 Å². The summed E-state index contributed by atoms with van der Waals surface area (Å²) >= 11 is 0. The fraction of sp³-hybridized carbons (Fsp3) is 0.542. The molecule has 2 aromatic rings. The first-order valence-electron chi connectivity index (χ1n) is 12.0. The summed E-state index contributed by atoms with van der Waals surface area (Å²) < 4.78 is 45.5. The maximum Gasteiger partial charge on any atom is 0.653 e. The van der Waals surface area contributed by atoms with Gasteiger partial charge in [0.05, 0.1) is 6.61 Å². The van der Waals surface area contributed by atoms with Crippen molar-refractivity contribution < 1.29 is 37.7 Å². The van der Waals surface area contributed by atoms with Crippen LogP contribution in [0.4, 0.5) is 4.39 Å². The lowest BCUT2D eigenvalue weighted by Gasteiger charge is -2.24. The maximum atomic E-state index is 15.4. The van der Waals surface area contributed by atoms with Crippen LogP contribution in [0, 0.1) is 5.92 Å². The highest BCUT2D eigenvalue weighted by atomic mass is 31.1. The zero-order valence-corrected chi connectivity index (χ0v) is 22.4. The van der Waals surface area contributed by atoms with Crippen molar-refractivity contribution in [3.05, 3.63) is 63.4 Å². The topological polar surface area (TPSA) is 149 Å². The van der Waals surface area contributed by atoms with Crippen molar-refractivity contribution in [1.82, 2.24) is 14.4 Å². The van der Waals surface area contributed by atoms with Gasteiger partial charge in [-0.1, -0.05) is 32.0 Å². The van der Waals surface area contributed by atoms with Crippen LogP contribution >= 0.6 is 8.18 Å². The van der Waals surface area contributed by atoms with Crippen LogP contribution in [0.15, 0.2) is 52.2 Å². The van der Waals surface area contributed by atoms with Gasteiger partial charge in [0.2, 0.25) is 0 Å². The Balaban J connectivity index is 1.72. The number of aliphatic hydroxyl groups is 1. The number of halogens is 1. The quantitative estimate of drug-likeness (QED) is 0.227. The number of benzene rings is 1. The summed E-state index contributed by atoms with van der Waals surface area (Å²) in [5.74, 6) is -0.114. The molecule has 0 amide bonds. The van der Waals surface area contributed by atoms with Gasteiger partial charge in [-0.25, -0.2) is 9.18 Å². The summed E-state index contributed by atoms with van der Waals surface area (Å²) in [6.45, 7) is 6.00. The molecule has 1 aliphatic rings. The summed E-state index contributed by atoms with van der Waals surface area (Å²) in [4.78, 5) is 44.6. The molecule has 38 heavy (non-hydrogen) atoms. The lowest BCUT2D eigenvalue weighted by Crippen LogP contribution is -2.43. The van der Waals surface area contributed by atoms with E-state index in [4.69, 9.17) is 18.8 Å². The molecule has 0 spiro atoms. The Bertz CT molecular complexity index is 1220. The predicted octanol–water partition coefficient (Wildman–Crippen LogP) is 2.47. The van der Waals surface area contributed by atoms with Gasteiger partial charge in [0.15, 0.2) is 23.7 Å². The molecular formula is C24H32FN3O9P+. The molecule has 0 radical (unpaired) electrons. The number of ether oxygens (including phenoxy) is 2. The number of hydrogen-bond acceptors (Lipinski definition) is 9. The van der Waals surface area contributed by atoms with E-state index in [0.29, 0.717) is 12.3 Å². The maximum absolute atomic E-state index is 15.4. The molecule has 12 nitrogen and oxygen atoms in total. The Morgan fingerprint density at radius 2 is 1.95 bits per heavy atom. The molecule has 14 heteroatoms. The minimum Gasteiger partial charge on any atom is -0.464 e. The standard InChI is InChI=1S/C24H31FN3O9P/c1-15(2)11-13-34-21(31)16(3)28(37-17-8-6-5-7-9-17)38(33)35-14-18-20(30)24(4,25)22(36-18)27-12-10-19(29)26-23(27)32/h5-10,12,15-16,18,20,22,30H,11,13-14H2,1-4H3/p+1/t16?,18-,20-,22-,24-/m1/s1. The largest absolute Gasteiger partial charge is 0.653 e. The number of aliphatic hydroxyl groups excluding tert-OH is 1. The van der Waals surface area contributed by atoms with Crippen molar-refractivity contribution in [3.63, 3.8) is 0 Å². The highest BCUT2D eigenvalue weighted by Gasteiger charge is 2.56. The molecular weight excluding hydrogens is 524 g/mol. The SMILES string of the molecule is CC(C)CCOC(=O)C(C)N(Oc1ccccc1)[P+](=O)OC[C@H]1O[C@@H](n2ccc(=O)[nH]c2=O)[C@](C)(F)[C@@H]1O. The van der Waals surface area contributed by atoms with Crippen molar-refractivity contribution in [2.24, 2.45) is 5.92 Å². The van der Waals surface area contributed by atoms with Crippen molar-refractivity contribution in [3.8, 4) is 5.75 Å². The molecule has 1 aromatic carbocycles. The second-order valence-electron chi connectivity index (χ2n) is 9.41. The van der Waals surface area contributed by atoms with Crippen LogP contribution in [-0.2, 0) is 23.4 Å². The summed E-state index contributed by atoms with van der Waals surface area (Å²) in [7, 11) is -2.88. The van der Waals surface area contributed by atoms with Gasteiger partial charge in [-0.2, -0.15) is 0 Å². The minimum atomic E-state index is -2.88. The number of nitrogens with one attached hydrogen (secondary N) is 1. The number of aromatic amines is 1. The van der Waals surface area contributed by atoms with E-state index in [1.165, 1.54) is 6.92 Å². The van der Waals surface area contributed by atoms with E-state index in [0.717, 1.165) is 28.6 Å². The van der Waals surface area contributed by atoms with Gasteiger partial charge in [-0.3, -0.25) is 19.1 Å². The molecule has 0 saturated carbocycles. The lowest BCUT2D eigenvalue weighted by atomic mass is 9.98. The lowest BCUT2D eigenvalue weighted by molar-refractivity contribution is -0.155. The molecule has 3 rings (SSSR count). The number of carbonyl (C=O) groups excluding carboxylic acids is 1. The second kappa shape index (κ2) is 12.7. The number of carbonyl (C=O) groups is 1. The van der Waals surface area contributed by atoms with E-state index in [-0.39, 0.29) is 12.4 Å². The average molecular weight is 557 g/mol. The summed E-state index contributed by atoms with van der Waals surface area (Å²) in [5, 5.41) is 10.5. The van der Waals surface area contributed by atoms with Crippen LogP contribution in [0.3, 0.4) is 0 Å². The number of nitrogens with zero attached hydrogens (tertiary/aromatic N) is 2. The Morgan fingerprint density at radius 3 is 2.58 bits per heavy atom. The molecule has 2 heterocycles. The van der Waals surface area contributed by atoms with Gasteiger partial charge >= 0.3 is 19.8 Å².